The molecule has 0 aromatic heterocycles. The lowest BCUT2D eigenvalue weighted by atomic mass is 10.1. The Morgan fingerprint density at radius 1 is 1.58 bits per heavy atom. The van der Waals surface area contributed by atoms with Crippen molar-refractivity contribution in [3.8, 4) is 0 Å². The fraction of sp³-hybridized carbons (Fsp3) is 0.500. The standard InChI is InChI=1S/C14H18ClNO2S/c1-18-9-11(15)6-7-16-14(17)13-8-10-4-2-3-5-12(10)19-13/h2-5,11,13H,6-9H2,1H3,(H,16,17). The summed E-state index contributed by atoms with van der Waals surface area (Å²) >= 11 is 7.66. The van der Waals surface area contributed by atoms with Crippen molar-refractivity contribution in [2.24, 2.45) is 0 Å². The zero-order chi connectivity index (χ0) is 13.7. The van der Waals surface area contributed by atoms with Crippen molar-refractivity contribution < 1.29 is 9.53 Å². The molecule has 0 saturated heterocycles. The van der Waals surface area contributed by atoms with E-state index in [4.69, 9.17) is 16.3 Å². The van der Waals surface area contributed by atoms with Crippen LogP contribution < -0.4 is 5.32 Å². The van der Waals surface area contributed by atoms with Crippen LogP contribution >= 0.6 is 23.4 Å². The van der Waals surface area contributed by atoms with Gasteiger partial charge < -0.3 is 10.1 Å². The second-order valence-corrected chi connectivity index (χ2v) is 6.41. The zero-order valence-corrected chi connectivity index (χ0v) is 12.5. The normalized spacial score (nSPS) is 18.9. The van der Waals surface area contributed by atoms with Gasteiger partial charge in [-0.1, -0.05) is 18.2 Å². The van der Waals surface area contributed by atoms with Crippen LogP contribution in [0.2, 0.25) is 0 Å². The molecule has 1 N–H and O–H groups in total. The van der Waals surface area contributed by atoms with Crippen molar-refractivity contribution in [3.63, 3.8) is 0 Å². The lowest BCUT2D eigenvalue weighted by molar-refractivity contribution is -0.120. The molecule has 1 aromatic carbocycles. The first-order valence-electron chi connectivity index (χ1n) is 6.36. The van der Waals surface area contributed by atoms with Gasteiger partial charge in [-0.2, -0.15) is 0 Å². The van der Waals surface area contributed by atoms with Crippen LogP contribution in [0.15, 0.2) is 29.2 Å². The molecule has 0 bridgehead atoms. The van der Waals surface area contributed by atoms with Crippen LogP contribution in [-0.4, -0.2) is 36.8 Å². The highest BCUT2D eigenvalue weighted by Crippen LogP contribution is 2.36. The number of carbonyl (C=O) groups is 1. The minimum absolute atomic E-state index is 0.00593. The quantitative estimate of drug-likeness (QED) is 0.820. The fourth-order valence-electron chi connectivity index (χ4n) is 2.06. The van der Waals surface area contributed by atoms with Gasteiger partial charge in [0, 0.05) is 18.6 Å². The van der Waals surface area contributed by atoms with E-state index in [0.717, 1.165) is 12.8 Å². The Hall–Kier alpha value is -0.710. The number of benzene rings is 1. The van der Waals surface area contributed by atoms with E-state index >= 15 is 0 Å². The summed E-state index contributed by atoms with van der Waals surface area (Å²) in [6.07, 6.45) is 1.54. The van der Waals surface area contributed by atoms with Crippen LogP contribution in [0.5, 0.6) is 0 Å². The van der Waals surface area contributed by atoms with E-state index in [-0.39, 0.29) is 16.5 Å². The van der Waals surface area contributed by atoms with Gasteiger partial charge in [0.1, 0.15) is 0 Å². The van der Waals surface area contributed by atoms with Crippen molar-refractivity contribution in [2.75, 3.05) is 20.3 Å². The monoisotopic (exact) mass is 299 g/mol. The molecule has 3 nitrogen and oxygen atoms in total. The van der Waals surface area contributed by atoms with Gasteiger partial charge in [-0.25, -0.2) is 0 Å². The molecule has 0 radical (unpaired) electrons. The van der Waals surface area contributed by atoms with E-state index in [1.807, 2.05) is 12.1 Å². The molecule has 1 aliphatic heterocycles. The molecule has 0 fully saturated rings. The van der Waals surface area contributed by atoms with Crippen molar-refractivity contribution >= 4 is 29.3 Å². The number of hydrogen-bond donors (Lipinski definition) is 1. The molecule has 1 heterocycles. The minimum atomic E-state index is -0.0428. The maximum Gasteiger partial charge on any atom is 0.233 e. The van der Waals surface area contributed by atoms with Crippen molar-refractivity contribution in [1.29, 1.82) is 0 Å². The summed E-state index contributed by atoms with van der Waals surface area (Å²) in [4.78, 5) is 13.3. The number of halogens is 1. The average molecular weight is 300 g/mol. The first-order chi connectivity index (χ1) is 9.20. The molecule has 1 amide bonds. The summed E-state index contributed by atoms with van der Waals surface area (Å²) in [6.45, 7) is 1.12. The van der Waals surface area contributed by atoms with E-state index in [0.29, 0.717) is 13.2 Å². The number of alkyl halides is 1. The summed E-state index contributed by atoms with van der Waals surface area (Å²) in [7, 11) is 1.63. The molecule has 104 valence electrons. The molecule has 2 rings (SSSR count). The van der Waals surface area contributed by atoms with Gasteiger partial charge in [-0.3, -0.25) is 4.79 Å². The highest BCUT2D eigenvalue weighted by atomic mass is 35.5. The van der Waals surface area contributed by atoms with Crippen LogP contribution in [0, 0.1) is 0 Å². The predicted molar refractivity (Wildman–Crippen MR) is 78.9 cm³/mol. The van der Waals surface area contributed by atoms with E-state index in [9.17, 15) is 4.79 Å². The predicted octanol–water partition coefficient (Wildman–Crippen LogP) is 2.46. The number of fused-ring (bicyclic) bond motifs is 1. The maximum absolute atomic E-state index is 12.0. The first kappa shape index (κ1) is 14.7. The summed E-state index contributed by atoms with van der Waals surface area (Å²) in [5, 5.41) is 2.90. The van der Waals surface area contributed by atoms with Crippen molar-refractivity contribution in [2.45, 2.75) is 28.4 Å². The Balaban J connectivity index is 1.74. The van der Waals surface area contributed by atoms with E-state index < -0.39 is 0 Å². The minimum Gasteiger partial charge on any atom is -0.383 e. The Bertz CT molecular complexity index is 416. The van der Waals surface area contributed by atoms with Crippen LogP contribution in [0.1, 0.15) is 12.0 Å². The summed E-state index contributed by atoms with van der Waals surface area (Å²) < 4.78 is 4.95. The smallest absolute Gasteiger partial charge is 0.233 e. The largest absolute Gasteiger partial charge is 0.383 e. The molecule has 0 aliphatic carbocycles. The Labute approximate surface area is 123 Å². The van der Waals surface area contributed by atoms with Gasteiger partial charge in [0.2, 0.25) is 5.91 Å². The molecule has 0 spiro atoms. The number of rotatable bonds is 6. The lowest BCUT2D eigenvalue weighted by Gasteiger charge is -2.12. The second-order valence-electron chi connectivity index (χ2n) is 4.55. The van der Waals surface area contributed by atoms with Crippen molar-refractivity contribution in [3.05, 3.63) is 29.8 Å². The molecule has 0 saturated carbocycles. The molecule has 2 unspecified atom stereocenters. The summed E-state index contributed by atoms with van der Waals surface area (Å²) in [5.74, 6) is 0.0995. The number of hydrogen-bond acceptors (Lipinski definition) is 3. The van der Waals surface area contributed by atoms with Gasteiger partial charge in [0.15, 0.2) is 0 Å². The van der Waals surface area contributed by atoms with Crippen LogP contribution in [0.25, 0.3) is 0 Å². The number of thioether (sulfide) groups is 1. The summed E-state index contributed by atoms with van der Waals surface area (Å²) in [6, 6.07) is 8.18. The molecule has 1 aromatic rings. The fourth-order valence-corrected chi connectivity index (χ4v) is 3.51. The average Bonchev–Trinajstić information content (AvgIpc) is 2.82. The first-order valence-corrected chi connectivity index (χ1v) is 7.67. The third-order valence-corrected chi connectivity index (χ3v) is 4.71. The van der Waals surface area contributed by atoms with E-state index in [1.165, 1.54) is 10.5 Å². The van der Waals surface area contributed by atoms with Gasteiger partial charge >= 0.3 is 0 Å². The van der Waals surface area contributed by atoms with Gasteiger partial charge in [-0.05, 0) is 24.5 Å². The third kappa shape index (κ3) is 4.13. The van der Waals surface area contributed by atoms with Gasteiger partial charge in [-0.15, -0.1) is 23.4 Å². The lowest BCUT2D eigenvalue weighted by Crippen LogP contribution is -2.34. The Kier molecular flexibility index (Phi) is 5.55. The van der Waals surface area contributed by atoms with Gasteiger partial charge in [0.25, 0.3) is 0 Å². The highest BCUT2D eigenvalue weighted by molar-refractivity contribution is 8.01. The van der Waals surface area contributed by atoms with Crippen LogP contribution in [-0.2, 0) is 16.0 Å². The number of carbonyl (C=O) groups excluding carboxylic acids is 1. The number of methoxy groups -OCH3 is 1. The van der Waals surface area contributed by atoms with E-state index in [1.54, 1.807) is 18.9 Å². The second kappa shape index (κ2) is 7.17. The highest BCUT2D eigenvalue weighted by Gasteiger charge is 2.27. The van der Waals surface area contributed by atoms with Gasteiger partial charge in [0.05, 0.1) is 17.2 Å². The number of amides is 1. The third-order valence-electron chi connectivity index (χ3n) is 3.04. The SMILES string of the molecule is COCC(Cl)CCNC(=O)C1Cc2ccccc2S1. The number of nitrogens with one attached hydrogen (secondary N) is 1. The Morgan fingerprint density at radius 2 is 2.37 bits per heavy atom. The molecule has 2 atom stereocenters. The molecule has 19 heavy (non-hydrogen) atoms. The summed E-state index contributed by atoms with van der Waals surface area (Å²) in [5.41, 5.74) is 1.27. The van der Waals surface area contributed by atoms with Crippen LogP contribution in [0.4, 0.5) is 0 Å². The number of ether oxygens (including phenoxy) is 1. The maximum atomic E-state index is 12.0. The van der Waals surface area contributed by atoms with Crippen LogP contribution in [0.3, 0.4) is 0 Å². The molecule has 1 aliphatic rings. The zero-order valence-electron chi connectivity index (χ0n) is 10.9. The Morgan fingerprint density at radius 3 is 3.11 bits per heavy atom. The molecular weight excluding hydrogens is 282 g/mol. The molecule has 5 heteroatoms. The topological polar surface area (TPSA) is 38.3 Å². The van der Waals surface area contributed by atoms with E-state index in [2.05, 4.69) is 17.4 Å². The molecular formula is C14H18ClNO2S. The van der Waals surface area contributed by atoms with Crippen molar-refractivity contribution in [1.82, 2.24) is 5.32 Å².